The highest BCUT2D eigenvalue weighted by molar-refractivity contribution is 9.10. The maximum atomic E-state index is 12.3. The van der Waals surface area contributed by atoms with Gasteiger partial charge in [-0.25, -0.2) is 0 Å². The van der Waals surface area contributed by atoms with Gasteiger partial charge in [-0.15, -0.1) is 0 Å². The van der Waals surface area contributed by atoms with Gasteiger partial charge in [0.1, 0.15) is 11.5 Å². The third kappa shape index (κ3) is 3.55. The van der Waals surface area contributed by atoms with Crippen molar-refractivity contribution in [2.75, 3.05) is 6.61 Å². The van der Waals surface area contributed by atoms with E-state index >= 15 is 0 Å². The van der Waals surface area contributed by atoms with Crippen molar-refractivity contribution in [3.05, 3.63) is 62.0 Å². The van der Waals surface area contributed by atoms with Crippen LogP contribution in [0.15, 0.2) is 45.3 Å². The summed E-state index contributed by atoms with van der Waals surface area (Å²) >= 11 is 6.94. The van der Waals surface area contributed by atoms with E-state index in [-0.39, 0.29) is 5.78 Å². The molecular weight excluding hydrogens is 396 g/mol. The van der Waals surface area contributed by atoms with Crippen LogP contribution < -0.4 is 4.74 Å². The minimum atomic E-state index is 0.198. The second-order valence-electron chi connectivity index (χ2n) is 5.17. The van der Waals surface area contributed by atoms with Crippen molar-refractivity contribution in [2.24, 2.45) is 0 Å². The van der Waals surface area contributed by atoms with Crippen molar-refractivity contribution in [3.8, 4) is 5.75 Å². The highest BCUT2D eigenvalue weighted by Crippen LogP contribution is 2.33. The molecule has 4 heteroatoms. The largest absolute Gasteiger partial charge is 0.493 e. The average molecular weight is 410 g/mol. The fourth-order valence-electron chi connectivity index (χ4n) is 2.63. The van der Waals surface area contributed by atoms with Gasteiger partial charge in [0.15, 0.2) is 0 Å². The van der Waals surface area contributed by atoms with Crippen LogP contribution in [0.4, 0.5) is 0 Å². The first kappa shape index (κ1) is 14.8. The van der Waals surface area contributed by atoms with Crippen LogP contribution in [0.3, 0.4) is 0 Å². The van der Waals surface area contributed by atoms with Gasteiger partial charge in [-0.1, -0.05) is 44.0 Å². The molecule has 2 nitrogen and oxygen atoms in total. The molecule has 1 heterocycles. The summed E-state index contributed by atoms with van der Waals surface area (Å²) in [5.74, 6) is 1.10. The Labute approximate surface area is 140 Å². The molecule has 21 heavy (non-hydrogen) atoms. The highest BCUT2D eigenvalue weighted by atomic mass is 79.9. The molecule has 0 bridgehead atoms. The summed E-state index contributed by atoms with van der Waals surface area (Å²) in [7, 11) is 0. The molecule has 2 aromatic rings. The summed E-state index contributed by atoms with van der Waals surface area (Å²) < 4.78 is 7.68. The first-order chi connectivity index (χ1) is 10.1. The highest BCUT2D eigenvalue weighted by Gasteiger charge is 2.19. The molecule has 0 spiro atoms. The second kappa shape index (κ2) is 6.32. The number of carbonyl (C=O) groups excluding carboxylic acids is 1. The second-order valence-corrected chi connectivity index (χ2v) is 7.01. The Morgan fingerprint density at radius 1 is 1.10 bits per heavy atom. The summed E-state index contributed by atoms with van der Waals surface area (Å²) in [6.07, 6.45) is 1.77. The van der Waals surface area contributed by atoms with Crippen LogP contribution in [0.25, 0.3) is 0 Å². The van der Waals surface area contributed by atoms with Gasteiger partial charge in [-0.3, -0.25) is 4.79 Å². The van der Waals surface area contributed by atoms with Crippen molar-refractivity contribution in [3.63, 3.8) is 0 Å². The Morgan fingerprint density at radius 2 is 1.95 bits per heavy atom. The summed E-state index contributed by atoms with van der Waals surface area (Å²) in [5.41, 5.74) is 3.20. The van der Waals surface area contributed by atoms with E-state index in [0.29, 0.717) is 19.4 Å². The number of fused-ring (bicyclic) bond motifs is 1. The van der Waals surface area contributed by atoms with Crippen molar-refractivity contribution in [2.45, 2.75) is 19.3 Å². The summed E-state index contributed by atoms with van der Waals surface area (Å²) in [6, 6.07) is 11.9. The molecule has 0 saturated heterocycles. The molecule has 0 amide bonds. The van der Waals surface area contributed by atoms with Crippen LogP contribution in [0.5, 0.6) is 5.75 Å². The molecule has 0 N–H and O–H groups in total. The van der Waals surface area contributed by atoms with E-state index in [1.807, 2.05) is 30.3 Å². The Bertz CT molecular complexity index is 695. The fraction of sp³-hybridized carbons (Fsp3) is 0.235. The zero-order valence-electron chi connectivity index (χ0n) is 11.4. The summed E-state index contributed by atoms with van der Waals surface area (Å²) in [5, 5.41) is 0. The van der Waals surface area contributed by atoms with E-state index < -0.39 is 0 Å². The summed E-state index contributed by atoms with van der Waals surface area (Å²) in [4.78, 5) is 12.3. The first-order valence-corrected chi connectivity index (χ1v) is 8.40. The number of ketones is 1. The standard InChI is InChI=1S/C17H14Br2O2/c18-14-3-1-2-11(6-14)7-16(20)10-13-9-15(19)8-12-4-5-21-17(12)13/h1-3,6,8-9H,4-5,7,10H2. The Kier molecular flexibility index (Phi) is 4.45. The van der Waals surface area contributed by atoms with E-state index in [1.54, 1.807) is 0 Å². The number of benzene rings is 2. The molecule has 0 saturated carbocycles. The Morgan fingerprint density at radius 3 is 2.76 bits per heavy atom. The fourth-order valence-corrected chi connectivity index (χ4v) is 3.63. The number of ether oxygens (including phenoxy) is 1. The number of Topliss-reactive ketones (excluding diaryl/α,β-unsaturated/α-hetero) is 1. The van der Waals surface area contributed by atoms with E-state index in [0.717, 1.165) is 32.2 Å². The zero-order chi connectivity index (χ0) is 14.8. The third-order valence-electron chi connectivity index (χ3n) is 3.50. The van der Waals surface area contributed by atoms with Crippen molar-refractivity contribution < 1.29 is 9.53 Å². The topological polar surface area (TPSA) is 26.3 Å². The molecule has 2 aromatic carbocycles. The smallest absolute Gasteiger partial charge is 0.141 e. The number of rotatable bonds is 4. The quantitative estimate of drug-likeness (QED) is 0.742. The lowest BCUT2D eigenvalue weighted by atomic mass is 10.00. The maximum Gasteiger partial charge on any atom is 0.141 e. The minimum absolute atomic E-state index is 0.198. The van der Waals surface area contributed by atoms with Gasteiger partial charge >= 0.3 is 0 Å². The van der Waals surface area contributed by atoms with Gasteiger partial charge in [-0.2, -0.15) is 0 Å². The van der Waals surface area contributed by atoms with Crippen LogP contribution in [0.2, 0.25) is 0 Å². The van der Waals surface area contributed by atoms with Gasteiger partial charge < -0.3 is 4.74 Å². The number of halogens is 2. The van der Waals surface area contributed by atoms with Crippen LogP contribution in [0, 0.1) is 0 Å². The number of carbonyl (C=O) groups is 1. The molecule has 1 aliphatic rings. The van der Waals surface area contributed by atoms with E-state index in [1.165, 1.54) is 5.56 Å². The lowest BCUT2D eigenvalue weighted by Crippen LogP contribution is -2.07. The lowest BCUT2D eigenvalue weighted by molar-refractivity contribution is -0.117. The molecule has 1 aliphatic heterocycles. The minimum Gasteiger partial charge on any atom is -0.493 e. The molecule has 0 aromatic heterocycles. The predicted molar refractivity (Wildman–Crippen MR) is 89.9 cm³/mol. The monoisotopic (exact) mass is 408 g/mol. The van der Waals surface area contributed by atoms with Crippen LogP contribution in [-0.4, -0.2) is 12.4 Å². The van der Waals surface area contributed by atoms with Crippen molar-refractivity contribution >= 4 is 37.6 Å². The summed E-state index contributed by atoms with van der Waals surface area (Å²) in [6.45, 7) is 0.707. The molecule has 108 valence electrons. The lowest BCUT2D eigenvalue weighted by Gasteiger charge is -2.09. The van der Waals surface area contributed by atoms with Gasteiger partial charge in [0.25, 0.3) is 0 Å². The van der Waals surface area contributed by atoms with Crippen LogP contribution in [-0.2, 0) is 24.1 Å². The number of hydrogen-bond donors (Lipinski definition) is 0. The normalized spacial score (nSPS) is 12.9. The Balaban J connectivity index is 1.76. The van der Waals surface area contributed by atoms with E-state index in [4.69, 9.17) is 4.74 Å². The molecule has 0 unspecified atom stereocenters. The van der Waals surface area contributed by atoms with Crippen molar-refractivity contribution in [1.82, 2.24) is 0 Å². The zero-order valence-corrected chi connectivity index (χ0v) is 14.5. The molecular formula is C17H14Br2O2. The molecule has 0 aliphatic carbocycles. The maximum absolute atomic E-state index is 12.3. The third-order valence-corrected chi connectivity index (χ3v) is 4.45. The van der Waals surface area contributed by atoms with Crippen LogP contribution >= 0.6 is 31.9 Å². The molecule has 0 fully saturated rings. The van der Waals surface area contributed by atoms with E-state index in [9.17, 15) is 4.79 Å². The molecule has 3 rings (SSSR count). The number of hydrogen-bond acceptors (Lipinski definition) is 2. The van der Waals surface area contributed by atoms with Gasteiger partial charge in [0.2, 0.25) is 0 Å². The molecule has 0 atom stereocenters. The first-order valence-electron chi connectivity index (χ1n) is 6.82. The van der Waals surface area contributed by atoms with Crippen LogP contribution in [0.1, 0.15) is 16.7 Å². The van der Waals surface area contributed by atoms with E-state index in [2.05, 4.69) is 37.9 Å². The van der Waals surface area contributed by atoms with Gasteiger partial charge in [0.05, 0.1) is 6.61 Å². The average Bonchev–Trinajstić information content (AvgIpc) is 2.86. The Hall–Kier alpha value is -1.13. The van der Waals surface area contributed by atoms with Gasteiger partial charge in [0, 0.05) is 33.8 Å². The predicted octanol–water partition coefficient (Wildman–Crippen LogP) is 4.50. The SMILES string of the molecule is O=C(Cc1cccc(Br)c1)Cc1cc(Br)cc2c1OCC2. The van der Waals surface area contributed by atoms with Gasteiger partial charge in [-0.05, 0) is 35.4 Å². The molecule has 0 radical (unpaired) electrons. The van der Waals surface area contributed by atoms with Crippen molar-refractivity contribution in [1.29, 1.82) is 0 Å².